The van der Waals surface area contributed by atoms with Gasteiger partial charge in [0.25, 0.3) is 0 Å². The maximum atomic E-state index is 6.54. The molecule has 2 nitrogen and oxygen atoms in total. The van der Waals surface area contributed by atoms with E-state index in [-0.39, 0.29) is 0 Å². The molecule has 5 aliphatic rings. The summed E-state index contributed by atoms with van der Waals surface area (Å²) >= 11 is 0. The number of rotatable bonds is 1. The van der Waals surface area contributed by atoms with E-state index in [0.29, 0.717) is 11.5 Å². The molecule has 4 saturated carbocycles. The molecule has 1 aromatic carbocycles. The molecule has 0 spiro atoms. The van der Waals surface area contributed by atoms with Gasteiger partial charge in [0.05, 0.1) is 12.2 Å². The average Bonchev–Trinajstić information content (AvgIpc) is 2.46. The third-order valence-electron chi connectivity index (χ3n) is 6.74. The van der Waals surface area contributed by atoms with Crippen molar-refractivity contribution in [3.63, 3.8) is 0 Å². The molecule has 1 aromatic rings. The number of nitrogens with one attached hydrogen (secondary N) is 1. The summed E-state index contributed by atoms with van der Waals surface area (Å²) in [4.78, 5) is 0. The summed E-state index contributed by atoms with van der Waals surface area (Å²) in [6, 6.07) is 6.43. The van der Waals surface area contributed by atoms with Crippen LogP contribution in [-0.4, -0.2) is 12.6 Å². The first-order chi connectivity index (χ1) is 10.2. The Labute approximate surface area is 127 Å². The Kier molecular flexibility index (Phi) is 2.46. The van der Waals surface area contributed by atoms with Gasteiger partial charge in [-0.05, 0) is 74.8 Å². The zero-order valence-electron chi connectivity index (χ0n) is 12.9. The third kappa shape index (κ3) is 1.77. The molecule has 6 rings (SSSR count). The molecule has 112 valence electrons. The van der Waals surface area contributed by atoms with E-state index in [1.165, 1.54) is 49.8 Å². The highest BCUT2D eigenvalue weighted by atomic mass is 16.5. The largest absolute Gasteiger partial charge is 0.486 e. The van der Waals surface area contributed by atoms with E-state index in [2.05, 4.69) is 30.4 Å². The summed E-state index contributed by atoms with van der Waals surface area (Å²) in [6.45, 7) is 3.17. The van der Waals surface area contributed by atoms with E-state index in [0.717, 1.165) is 30.0 Å². The molecular weight excluding hydrogens is 258 g/mol. The second kappa shape index (κ2) is 4.18. The van der Waals surface area contributed by atoms with Crippen LogP contribution in [0.2, 0.25) is 0 Å². The first-order valence-electron chi connectivity index (χ1n) is 8.72. The quantitative estimate of drug-likeness (QED) is 0.825. The van der Waals surface area contributed by atoms with Crippen molar-refractivity contribution >= 4 is 5.69 Å². The summed E-state index contributed by atoms with van der Waals surface area (Å²) < 4.78 is 6.54. The van der Waals surface area contributed by atoms with Gasteiger partial charge in [-0.3, -0.25) is 0 Å². The fourth-order valence-corrected chi connectivity index (χ4v) is 6.27. The Bertz CT molecular complexity index is 544. The lowest BCUT2D eigenvalue weighted by molar-refractivity contribution is -0.108. The van der Waals surface area contributed by atoms with E-state index in [1.54, 1.807) is 0 Å². The van der Waals surface area contributed by atoms with Gasteiger partial charge in [0.1, 0.15) is 11.9 Å². The van der Waals surface area contributed by atoms with Crippen LogP contribution in [0.15, 0.2) is 18.2 Å². The molecule has 0 radical (unpaired) electrons. The van der Waals surface area contributed by atoms with E-state index in [9.17, 15) is 0 Å². The molecule has 1 atom stereocenters. The molecule has 0 saturated heterocycles. The van der Waals surface area contributed by atoms with Crippen LogP contribution in [0.25, 0.3) is 0 Å². The molecule has 2 heteroatoms. The lowest BCUT2D eigenvalue weighted by Gasteiger charge is -2.59. The van der Waals surface area contributed by atoms with E-state index < -0.39 is 0 Å². The molecule has 1 heterocycles. The van der Waals surface area contributed by atoms with Crippen molar-refractivity contribution in [1.29, 1.82) is 0 Å². The highest BCUT2D eigenvalue weighted by molar-refractivity contribution is 5.63. The fourth-order valence-electron chi connectivity index (χ4n) is 6.27. The fraction of sp³-hybridized carbons (Fsp3) is 0.684. The van der Waals surface area contributed by atoms with Crippen molar-refractivity contribution in [3.05, 3.63) is 23.8 Å². The van der Waals surface area contributed by atoms with Crippen LogP contribution in [-0.2, 0) is 0 Å². The Hall–Kier alpha value is -1.18. The second-order valence-corrected chi connectivity index (χ2v) is 8.22. The number of hydrogen-bond donors (Lipinski definition) is 1. The lowest BCUT2D eigenvalue weighted by Crippen LogP contribution is -2.56. The normalized spacial score (nSPS) is 43.1. The van der Waals surface area contributed by atoms with Gasteiger partial charge >= 0.3 is 0 Å². The number of benzene rings is 1. The molecule has 4 bridgehead atoms. The van der Waals surface area contributed by atoms with E-state index in [4.69, 9.17) is 4.74 Å². The predicted molar refractivity (Wildman–Crippen MR) is 84.7 cm³/mol. The third-order valence-corrected chi connectivity index (χ3v) is 6.74. The predicted octanol–water partition coefficient (Wildman–Crippen LogP) is 4.38. The Balaban J connectivity index is 1.47. The summed E-state index contributed by atoms with van der Waals surface area (Å²) in [5.74, 6) is 4.08. The van der Waals surface area contributed by atoms with Gasteiger partial charge in [-0.25, -0.2) is 0 Å². The average molecular weight is 283 g/mol. The number of aryl methyl sites for hydroxylation is 1. The molecule has 0 amide bonds. The van der Waals surface area contributed by atoms with Gasteiger partial charge in [0.2, 0.25) is 0 Å². The topological polar surface area (TPSA) is 21.3 Å². The van der Waals surface area contributed by atoms with Gasteiger partial charge < -0.3 is 10.1 Å². The monoisotopic (exact) mass is 283 g/mol. The number of para-hydroxylation sites is 1. The van der Waals surface area contributed by atoms with Crippen LogP contribution >= 0.6 is 0 Å². The Morgan fingerprint density at radius 2 is 1.71 bits per heavy atom. The Morgan fingerprint density at radius 1 is 1.05 bits per heavy atom. The van der Waals surface area contributed by atoms with Crippen molar-refractivity contribution in [1.82, 2.24) is 0 Å². The molecule has 0 aromatic heterocycles. The minimum Gasteiger partial charge on any atom is -0.486 e. The van der Waals surface area contributed by atoms with Crippen molar-refractivity contribution in [3.8, 4) is 5.75 Å². The molecule has 4 fully saturated rings. The Morgan fingerprint density at radius 3 is 2.38 bits per heavy atom. The van der Waals surface area contributed by atoms with Crippen LogP contribution in [0.5, 0.6) is 5.75 Å². The first-order valence-corrected chi connectivity index (χ1v) is 8.72. The highest BCUT2D eigenvalue weighted by Crippen LogP contribution is 2.62. The zero-order chi connectivity index (χ0) is 14.0. The van der Waals surface area contributed by atoms with Gasteiger partial charge in [0, 0.05) is 5.41 Å². The van der Waals surface area contributed by atoms with E-state index in [1.807, 2.05) is 0 Å². The SMILES string of the molecule is Cc1cccc2c1NCC(C13CC4CC(CC(C4)C1)C3)O2. The molecular formula is C19H25NO. The molecule has 1 unspecified atom stereocenters. The standard InChI is InChI=1S/C19H25NO/c1-12-3-2-4-16-18(12)20-11-17(21-16)19-8-13-5-14(9-19)7-15(6-13)10-19/h2-4,13-15,17,20H,5-11H2,1H3. The molecule has 1 aliphatic heterocycles. The zero-order valence-corrected chi connectivity index (χ0v) is 12.9. The first kappa shape index (κ1) is 12.4. The molecule has 21 heavy (non-hydrogen) atoms. The van der Waals surface area contributed by atoms with Crippen LogP contribution in [0.1, 0.15) is 44.1 Å². The molecule has 1 N–H and O–H groups in total. The van der Waals surface area contributed by atoms with Crippen molar-refractivity contribution in [2.45, 2.75) is 51.6 Å². The number of hydrogen-bond acceptors (Lipinski definition) is 2. The smallest absolute Gasteiger partial charge is 0.143 e. The maximum Gasteiger partial charge on any atom is 0.143 e. The van der Waals surface area contributed by atoms with Crippen molar-refractivity contribution < 1.29 is 4.74 Å². The number of ether oxygens (including phenoxy) is 1. The number of fused-ring (bicyclic) bond motifs is 1. The minimum absolute atomic E-state index is 0.389. The van der Waals surface area contributed by atoms with Crippen LogP contribution < -0.4 is 10.1 Å². The van der Waals surface area contributed by atoms with Gasteiger partial charge in [-0.2, -0.15) is 0 Å². The van der Waals surface area contributed by atoms with Gasteiger partial charge in [-0.1, -0.05) is 12.1 Å². The summed E-state index contributed by atoms with van der Waals surface area (Å²) in [7, 11) is 0. The van der Waals surface area contributed by atoms with E-state index >= 15 is 0 Å². The molecule has 4 aliphatic carbocycles. The lowest BCUT2D eigenvalue weighted by atomic mass is 9.48. The summed E-state index contributed by atoms with van der Waals surface area (Å²) in [6.07, 6.45) is 9.19. The van der Waals surface area contributed by atoms with Crippen molar-refractivity contribution in [2.24, 2.45) is 23.2 Å². The van der Waals surface area contributed by atoms with Crippen molar-refractivity contribution in [2.75, 3.05) is 11.9 Å². The van der Waals surface area contributed by atoms with Gasteiger partial charge in [0.15, 0.2) is 0 Å². The minimum atomic E-state index is 0.389. The second-order valence-electron chi connectivity index (χ2n) is 8.22. The van der Waals surface area contributed by atoms with Gasteiger partial charge in [-0.15, -0.1) is 0 Å². The van der Waals surface area contributed by atoms with Crippen LogP contribution in [0, 0.1) is 30.1 Å². The van der Waals surface area contributed by atoms with Crippen LogP contribution in [0.3, 0.4) is 0 Å². The maximum absolute atomic E-state index is 6.54. The highest BCUT2D eigenvalue weighted by Gasteiger charge is 2.55. The number of anilines is 1. The van der Waals surface area contributed by atoms with Crippen LogP contribution in [0.4, 0.5) is 5.69 Å². The summed E-state index contributed by atoms with van der Waals surface area (Å²) in [5.41, 5.74) is 3.00. The summed E-state index contributed by atoms with van der Waals surface area (Å²) in [5, 5.41) is 3.68.